The highest BCUT2D eigenvalue weighted by Crippen LogP contribution is 2.19. The highest BCUT2D eigenvalue weighted by atomic mass is 35.5. The summed E-state index contributed by atoms with van der Waals surface area (Å²) < 4.78 is 10.5. The van der Waals surface area contributed by atoms with Gasteiger partial charge in [0.15, 0.2) is 0 Å². The first-order valence-electron chi connectivity index (χ1n) is 6.76. The van der Waals surface area contributed by atoms with E-state index in [1.54, 1.807) is 13.4 Å². The Balaban J connectivity index is 0.00000200. The minimum Gasteiger partial charge on any atom is -0.467 e. The molecular weight excluding hydrogens is 280 g/mol. The smallest absolute Gasteiger partial charge is 0.223 e. The van der Waals surface area contributed by atoms with Gasteiger partial charge < -0.3 is 19.8 Å². The van der Waals surface area contributed by atoms with Gasteiger partial charge in [0.2, 0.25) is 5.91 Å². The van der Waals surface area contributed by atoms with Gasteiger partial charge in [0.25, 0.3) is 0 Å². The van der Waals surface area contributed by atoms with Crippen LogP contribution in [0.2, 0.25) is 0 Å². The maximum atomic E-state index is 12.3. The normalized spacial score (nSPS) is 23.7. The molecule has 0 saturated carbocycles. The average molecular weight is 303 g/mol. The number of hydrogen-bond acceptors (Lipinski definition) is 4. The Labute approximate surface area is 125 Å². The molecule has 1 aliphatic heterocycles. The van der Waals surface area contributed by atoms with Gasteiger partial charge in [0, 0.05) is 19.1 Å². The number of rotatable bonds is 5. The molecule has 0 bridgehead atoms. The van der Waals surface area contributed by atoms with Crippen LogP contribution in [0.5, 0.6) is 0 Å². The lowest BCUT2D eigenvalue weighted by Gasteiger charge is -2.28. The van der Waals surface area contributed by atoms with Crippen LogP contribution in [-0.2, 0) is 9.53 Å². The Morgan fingerprint density at radius 2 is 2.45 bits per heavy atom. The number of furan rings is 1. The molecule has 6 heteroatoms. The van der Waals surface area contributed by atoms with Crippen molar-refractivity contribution < 1.29 is 13.9 Å². The molecule has 2 heterocycles. The third kappa shape index (κ3) is 4.51. The van der Waals surface area contributed by atoms with E-state index < -0.39 is 0 Å². The zero-order chi connectivity index (χ0) is 13.7. The molecule has 2 rings (SSSR count). The molecule has 5 nitrogen and oxygen atoms in total. The number of methoxy groups -OCH3 is 1. The second-order valence-electron chi connectivity index (χ2n) is 5.11. The van der Waals surface area contributed by atoms with Crippen LogP contribution < -0.4 is 10.6 Å². The van der Waals surface area contributed by atoms with Gasteiger partial charge in [0.1, 0.15) is 11.8 Å². The van der Waals surface area contributed by atoms with E-state index in [2.05, 4.69) is 17.6 Å². The van der Waals surface area contributed by atoms with Crippen molar-refractivity contribution in [1.82, 2.24) is 10.6 Å². The highest BCUT2D eigenvalue weighted by Gasteiger charge is 2.27. The Morgan fingerprint density at radius 1 is 1.65 bits per heavy atom. The van der Waals surface area contributed by atoms with Crippen molar-refractivity contribution in [2.24, 2.45) is 5.92 Å². The molecule has 0 radical (unpaired) electrons. The summed E-state index contributed by atoms with van der Waals surface area (Å²) >= 11 is 0. The lowest BCUT2D eigenvalue weighted by molar-refractivity contribution is -0.127. The van der Waals surface area contributed by atoms with E-state index in [-0.39, 0.29) is 30.3 Å². The quantitative estimate of drug-likeness (QED) is 0.872. The molecule has 1 unspecified atom stereocenters. The predicted octanol–water partition coefficient (Wildman–Crippen LogP) is 1.89. The summed E-state index contributed by atoms with van der Waals surface area (Å²) in [7, 11) is 1.62. The summed E-state index contributed by atoms with van der Waals surface area (Å²) in [6.07, 6.45) is 3.37. The van der Waals surface area contributed by atoms with Gasteiger partial charge in [-0.15, -0.1) is 12.4 Å². The Morgan fingerprint density at radius 3 is 3.05 bits per heavy atom. The summed E-state index contributed by atoms with van der Waals surface area (Å²) in [5, 5.41) is 6.37. The molecule has 1 aromatic heterocycles. The summed E-state index contributed by atoms with van der Waals surface area (Å²) in [6, 6.07) is 3.86. The van der Waals surface area contributed by atoms with Crippen molar-refractivity contribution in [3.63, 3.8) is 0 Å². The van der Waals surface area contributed by atoms with Crippen LogP contribution >= 0.6 is 12.4 Å². The molecule has 2 N–H and O–H groups in total. The number of halogens is 1. The fourth-order valence-electron chi connectivity index (χ4n) is 2.51. The largest absolute Gasteiger partial charge is 0.467 e. The van der Waals surface area contributed by atoms with Crippen LogP contribution in [0, 0.1) is 5.92 Å². The summed E-state index contributed by atoms with van der Waals surface area (Å²) in [5.74, 6) is 0.898. The van der Waals surface area contributed by atoms with Crippen molar-refractivity contribution in [2.45, 2.75) is 31.8 Å². The average Bonchev–Trinajstić information content (AvgIpc) is 2.92. The van der Waals surface area contributed by atoms with E-state index in [0.717, 1.165) is 25.1 Å². The maximum absolute atomic E-state index is 12.3. The third-order valence-electron chi connectivity index (χ3n) is 3.53. The molecule has 0 aromatic carbocycles. The Bertz CT molecular complexity index is 397. The molecular formula is C14H23ClN2O3. The van der Waals surface area contributed by atoms with E-state index >= 15 is 0 Å². The van der Waals surface area contributed by atoms with Crippen LogP contribution in [0.1, 0.15) is 31.6 Å². The van der Waals surface area contributed by atoms with Crippen molar-refractivity contribution >= 4 is 18.3 Å². The van der Waals surface area contributed by atoms with Crippen LogP contribution in [0.25, 0.3) is 0 Å². The third-order valence-corrected chi connectivity index (χ3v) is 3.53. The van der Waals surface area contributed by atoms with Gasteiger partial charge in [-0.25, -0.2) is 0 Å². The topological polar surface area (TPSA) is 63.5 Å². The molecule has 1 saturated heterocycles. The van der Waals surface area contributed by atoms with Crippen molar-refractivity contribution in [1.29, 1.82) is 0 Å². The first kappa shape index (κ1) is 17.0. The van der Waals surface area contributed by atoms with Gasteiger partial charge in [0.05, 0.1) is 12.9 Å². The standard InChI is InChI=1S/C14H22N2O3.ClH/c1-10-8-11(5-6-15-10)14(17)16-12(9-18-2)13-4-3-7-19-13;/h3-4,7,10-12,15H,5-6,8-9H2,1-2H3,(H,16,17);1H/t10-,11-,12?;/m0./s1. The number of hydrogen-bond donors (Lipinski definition) is 2. The number of ether oxygens (including phenoxy) is 1. The van der Waals surface area contributed by atoms with Crippen LogP contribution in [0.4, 0.5) is 0 Å². The highest BCUT2D eigenvalue weighted by molar-refractivity contribution is 5.85. The monoisotopic (exact) mass is 302 g/mol. The van der Waals surface area contributed by atoms with Crippen LogP contribution in [0.3, 0.4) is 0 Å². The minimum atomic E-state index is -0.210. The second kappa shape index (κ2) is 8.29. The summed E-state index contributed by atoms with van der Waals surface area (Å²) in [6.45, 7) is 3.42. The fourth-order valence-corrected chi connectivity index (χ4v) is 2.51. The zero-order valence-electron chi connectivity index (χ0n) is 11.9. The molecule has 1 amide bonds. The first-order chi connectivity index (χ1) is 9.20. The number of amides is 1. The fraction of sp³-hybridized carbons (Fsp3) is 0.643. The molecule has 1 aliphatic rings. The van der Waals surface area contributed by atoms with Gasteiger partial charge in [-0.3, -0.25) is 4.79 Å². The minimum absolute atomic E-state index is 0. The number of carbonyl (C=O) groups excluding carboxylic acids is 1. The van der Waals surface area contributed by atoms with E-state index in [1.807, 2.05) is 12.1 Å². The molecule has 0 spiro atoms. The van der Waals surface area contributed by atoms with E-state index in [1.165, 1.54) is 0 Å². The maximum Gasteiger partial charge on any atom is 0.223 e. The number of carbonyl (C=O) groups is 1. The number of piperidine rings is 1. The summed E-state index contributed by atoms with van der Waals surface area (Å²) in [5.41, 5.74) is 0. The van der Waals surface area contributed by atoms with Crippen molar-refractivity contribution in [3.8, 4) is 0 Å². The summed E-state index contributed by atoms with van der Waals surface area (Å²) in [4.78, 5) is 12.3. The lowest BCUT2D eigenvalue weighted by atomic mass is 9.92. The first-order valence-corrected chi connectivity index (χ1v) is 6.76. The predicted molar refractivity (Wildman–Crippen MR) is 78.9 cm³/mol. The molecule has 3 atom stereocenters. The van der Waals surface area contributed by atoms with Gasteiger partial charge >= 0.3 is 0 Å². The molecule has 1 fully saturated rings. The molecule has 1 aromatic rings. The second-order valence-corrected chi connectivity index (χ2v) is 5.11. The van der Waals surface area contributed by atoms with Gasteiger partial charge in [-0.2, -0.15) is 0 Å². The lowest BCUT2D eigenvalue weighted by Crippen LogP contribution is -2.43. The van der Waals surface area contributed by atoms with Crippen LogP contribution in [-0.4, -0.2) is 32.2 Å². The van der Waals surface area contributed by atoms with E-state index in [4.69, 9.17) is 9.15 Å². The molecule has 0 aliphatic carbocycles. The Hall–Kier alpha value is -1.04. The SMILES string of the molecule is COCC(NC(=O)[C@H]1CCN[C@@H](C)C1)c1ccco1.Cl. The van der Waals surface area contributed by atoms with E-state index in [9.17, 15) is 4.79 Å². The zero-order valence-corrected chi connectivity index (χ0v) is 12.7. The molecule has 114 valence electrons. The van der Waals surface area contributed by atoms with Crippen LogP contribution in [0.15, 0.2) is 22.8 Å². The molecule has 20 heavy (non-hydrogen) atoms. The number of nitrogens with one attached hydrogen (secondary N) is 2. The van der Waals surface area contributed by atoms with Crippen molar-refractivity contribution in [2.75, 3.05) is 20.3 Å². The Kier molecular flexibility index (Phi) is 7.05. The van der Waals surface area contributed by atoms with Gasteiger partial charge in [-0.1, -0.05) is 0 Å². The van der Waals surface area contributed by atoms with E-state index in [0.29, 0.717) is 12.6 Å². The van der Waals surface area contributed by atoms with Gasteiger partial charge in [-0.05, 0) is 38.4 Å². The van der Waals surface area contributed by atoms with Crippen molar-refractivity contribution in [3.05, 3.63) is 24.2 Å².